The lowest BCUT2D eigenvalue weighted by Gasteiger charge is -2.30. The van der Waals surface area contributed by atoms with Crippen molar-refractivity contribution in [2.75, 3.05) is 40.9 Å². The molecule has 0 aliphatic rings. The van der Waals surface area contributed by atoms with E-state index in [1.54, 1.807) is 0 Å². The molecule has 0 saturated carbocycles. The van der Waals surface area contributed by atoms with E-state index in [0.717, 1.165) is 38.5 Å². The molecule has 2 N–H and O–H groups in total. The average molecular weight is 859 g/mol. The maximum absolute atomic E-state index is 12.8. The highest BCUT2D eigenvalue weighted by atomic mass is 31.2. The molecule has 0 aromatic heterocycles. The number of unbranched alkanes of at least 4 members (excludes halogenated alkanes) is 35. The lowest BCUT2D eigenvalue weighted by Crippen LogP contribution is -2.46. The molecule has 1 amide bonds. The fraction of sp³-hybridized carbons (Fsp3) is 0.980. The van der Waals surface area contributed by atoms with E-state index in [0.29, 0.717) is 23.9 Å². The topological polar surface area (TPSA) is 108 Å². The Hall–Kier alpha value is -0.500. The normalized spacial score (nSPS) is 14.1. The molecule has 0 rings (SSSR count). The monoisotopic (exact) mass is 859 g/mol. The quantitative estimate of drug-likeness (QED) is 0.0358. The molecular weight excluding hydrogens is 756 g/mol. The zero-order valence-corrected chi connectivity index (χ0v) is 41.1. The van der Waals surface area contributed by atoms with E-state index in [-0.39, 0.29) is 19.1 Å². The molecule has 9 heteroatoms. The number of hydrogen-bond acceptors (Lipinski definition) is 6. The van der Waals surface area contributed by atoms with Gasteiger partial charge in [0.1, 0.15) is 13.2 Å². The first kappa shape index (κ1) is 58.5. The van der Waals surface area contributed by atoms with Crippen molar-refractivity contribution in [3.63, 3.8) is 0 Å². The summed E-state index contributed by atoms with van der Waals surface area (Å²) < 4.78 is 23.3. The van der Waals surface area contributed by atoms with Crippen LogP contribution in [0.15, 0.2) is 0 Å². The highest BCUT2D eigenvalue weighted by Gasteiger charge is 2.24. The van der Waals surface area contributed by atoms with Crippen molar-refractivity contribution in [3.05, 3.63) is 0 Å². The molecule has 0 saturated heterocycles. The Bertz CT molecular complexity index is 932. The Labute approximate surface area is 368 Å². The number of carbonyl (C=O) groups excluding carboxylic acids is 1. The number of aliphatic hydroxyl groups excluding tert-OH is 1. The summed E-state index contributed by atoms with van der Waals surface area (Å²) in [6.07, 6.45) is 48.5. The maximum Gasteiger partial charge on any atom is 0.268 e. The zero-order chi connectivity index (χ0) is 43.6. The van der Waals surface area contributed by atoms with Gasteiger partial charge in [0.15, 0.2) is 0 Å². The SMILES string of the molecule is CCCCCCCCCCCCCCCCCCCCCCCCCCCCCC(O)C(COP(=O)([O-])OCC[N+](C)(C)C)NC(=O)CCCCCCCCCCCC. The van der Waals surface area contributed by atoms with Gasteiger partial charge in [-0.15, -0.1) is 0 Å². The molecule has 3 unspecified atom stereocenters. The van der Waals surface area contributed by atoms with Crippen LogP contribution in [0.3, 0.4) is 0 Å². The molecule has 0 aromatic rings. The second-order valence-corrected chi connectivity index (χ2v) is 20.7. The summed E-state index contributed by atoms with van der Waals surface area (Å²) in [6.45, 7) is 4.74. The average Bonchev–Trinajstić information content (AvgIpc) is 3.19. The number of rotatable bonds is 48. The zero-order valence-electron chi connectivity index (χ0n) is 40.2. The van der Waals surface area contributed by atoms with Crippen LogP contribution in [0.5, 0.6) is 0 Å². The Morgan fingerprint density at radius 1 is 0.525 bits per heavy atom. The van der Waals surface area contributed by atoms with Gasteiger partial charge in [-0.1, -0.05) is 245 Å². The number of nitrogens with zero attached hydrogens (tertiary/aromatic N) is 1. The molecule has 354 valence electrons. The van der Waals surface area contributed by atoms with Crippen molar-refractivity contribution < 1.29 is 32.9 Å². The van der Waals surface area contributed by atoms with Crippen LogP contribution in [0.4, 0.5) is 0 Å². The van der Waals surface area contributed by atoms with Gasteiger partial charge in [-0.05, 0) is 12.8 Å². The van der Waals surface area contributed by atoms with Crippen molar-refractivity contribution in [3.8, 4) is 0 Å². The van der Waals surface area contributed by atoms with Crippen molar-refractivity contribution in [1.29, 1.82) is 0 Å². The highest BCUT2D eigenvalue weighted by molar-refractivity contribution is 7.45. The Morgan fingerprint density at radius 2 is 0.831 bits per heavy atom. The fourth-order valence-electron chi connectivity index (χ4n) is 7.98. The third-order valence-corrected chi connectivity index (χ3v) is 13.1. The van der Waals surface area contributed by atoms with Gasteiger partial charge < -0.3 is 28.8 Å². The molecule has 8 nitrogen and oxygen atoms in total. The summed E-state index contributed by atoms with van der Waals surface area (Å²) in [5.74, 6) is -0.163. The lowest BCUT2D eigenvalue weighted by molar-refractivity contribution is -0.870. The number of aliphatic hydroxyl groups is 1. The summed E-state index contributed by atoms with van der Waals surface area (Å²) in [6, 6.07) is -0.793. The Morgan fingerprint density at radius 3 is 1.15 bits per heavy atom. The van der Waals surface area contributed by atoms with Crippen LogP contribution in [0, 0.1) is 0 Å². The second-order valence-electron chi connectivity index (χ2n) is 19.2. The van der Waals surface area contributed by atoms with Gasteiger partial charge in [-0.2, -0.15) is 0 Å². The van der Waals surface area contributed by atoms with Gasteiger partial charge in [0.25, 0.3) is 7.82 Å². The molecule has 59 heavy (non-hydrogen) atoms. The fourth-order valence-corrected chi connectivity index (χ4v) is 8.71. The number of quaternary nitrogens is 1. The van der Waals surface area contributed by atoms with Crippen LogP contribution in [0.1, 0.15) is 264 Å². The number of phosphoric acid groups is 1. The highest BCUT2D eigenvalue weighted by Crippen LogP contribution is 2.38. The van der Waals surface area contributed by atoms with Gasteiger partial charge in [0.05, 0.1) is 39.9 Å². The van der Waals surface area contributed by atoms with E-state index >= 15 is 0 Å². The second kappa shape index (κ2) is 42.8. The molecule has 0 aliphatic carbocycles. The number of nitrogens with one attached hydrogen (secondary N) is 1. The van der Waals surface area contributed by atoms with Crippen LogP contribution in [0.2, 0.25) is 0 Å². The van der Waals surface area contributed by atoms with Gasteiger partial charge in [-0.3, -0.25) is 9.36 Å². The van der Waals surface area contributed by atoms with Crippen LogP contribution < -0.4 is 10.2 Å². The minimum absolute atomic E-state index is 0.0161. The molecule has 0 spiro atoms. The number of amides is 1. The van der Waals surface area contributed by atoms with Crippen LogP contribution in [-0.4, -0.2) is 68.5 Å². The molecule has 0 aromatic carbocycles. The molecule has 0 radical (unpaired) electrons. The summed E-state index contributed by atoms with van der Waals surface area (Å²) in [7, 11) is 1.32. The molecule has 0 heterocycles. The van der Waals surface area contributed by atoms with E-state index in [2.05, 4.69) is 19.2 Å². The maximum atomic E-state index is 12.8. The van der Waals surface area contributed by atoms with Crippen molar-refractivity contribution in [1.82, 2.24) is 5.32 Å². The summed E-state index contributed by atoms with van der Waals surface area (Å²) in [5, 5.41) is 13.9. The van der Waals surface area contributed by atoms with E-state index < -0.39 is 20.0 Å². The van der Waals surface area contributed by atoms with Crippen molar-refractivity contribution in [2.45, 2.75) is 276 Å². The molecule has 0 bridgehead atoms. The molecular formula is C50H103N2O6P. The Kier molecular flexibility index (Phi) is 42.4. The number of phosphoric ester groups is 1. The van der Waals surface area contributed by atoms with Crippen LogP contribution in [0.25, 0.3) is 0 Å². The van der Waals surface area contributed by atoms with E-state index in [1.807, 2.05) is 21.1 Å². The molecule has 3 atom stereocenters. The summed E-state index contributed by atoms with van der Waals surface area (Å²) >= 11 is 0. The van der Waals surface area contributed by atoms with Gasteiger partial charge in [0, 0.05) is 6.42 Å². The van der Waals surface area contributed by atoms with Crippen LogP contribution in [-0.2, 0) is 18.4 Å². The number of likely N-dealkylation sites (N-methyl/N-ethyl adjacent to an activating group) is 1. The Balaban J connectivity index is 4.04. The smallest absolute Gasteiger partial charge is 0.268 e. The first-order valence-electron chi connectivity index (χ1n) is 25.9. The first-order valence-corrected chi connectivity index (χ1v) is 27.3. The number of hydrogen-bond donors (Lipinski definition) is 2. The predicted molar refractivity (Wildman–Crippen MR) is 252 cm³/mol. The predicted octanol–water partition coefficient (Wildman–Crippen LogP) is 14.3. The van der Waals surface area contributed by atoms with Gasteiger partial charge in [0.2, 0.25) is 5.91 Å². The van der Waals surface area contributed by atoms with Crippen molar-refractivity contribution in [2.24, 2.45) is 0 Å². The first-order chi connectivity index (χ1) is 28.5. The lowest BCUT2D eigenvalue weighted by atomic mass is 10.0. The van der Waals surface area contributed by atoms with Crippen LogP contribution >= 0.6 is 7.82 Å². The van der Waals surface area contributed by atoms with Gasteiger partial charge >= 0.3 is 0 Å². The third-order valence-electron chi connectivity index (χ3n) is 12.1. The minimum atomic E-state index is -4.56. The summed E-state index contributed by atoms with van der Waals surface area (Å²) in [4.78, 5) is 25.3. The van der Waals surface area contributed by atoms with Gasteiger partial charge in [-0.25, -0.2) is 0 Å². The largest absolute Gasteiger partial charge is 0.756 e. The molecule has 0 fully saturated rings. The standard InChI is InChI=1S/C50H103N2O6P/c1-6-8-10-12-14-16-18-19-20-21-22-23-24-25-26-27-28-29-30-31-32-33-34-35-37-39-41-43-49(53)48(47-58-59(55,56)57-46-45-52(3,4)5)51-50(54)44-42-40-38-36-17-15-13-11-9-7-2/h48-49,53H,6-47H2,1-5H3,(H-,51,54,55,56). The van der Waals surface area contributed by atoms with Crippen molar-refractivity contribution >= 4 is 13.7 Å². The van der Waals surface area contributed by atoms with E-state index in [4.69, 9.17) is 9.05 Å². The van der Waals surface area contributed by atoms with E-state index in [9.17, 15) is 19.4 Å². The third kappa shape index (κ3) is 45.3. The number of carbonyl (C=O) groups is 1. The van der Waals surface area contributed by atoms with E-state index in [1.165, 1.54) is 199 Å². The molecule has 0 aliphatic heterocycles. The minimum Gasteiger partial charge on any atom is -0.756 e. The summed E-state index contributed by atoms with van der Waals surface area (Å²) in [5.41, 5.74) is 0.